The molecule has 0 unspecified atom stereocenters. The van der Waals surface area contributed by atoms with Gasteiger partial charge in [-0.15, -0.1) is 11.6 Å². The van der Waals surface area contributed by atoms with E-state index in [2.05, 4.69) is 25.9 Å². The second kappa shape index (κ2) is 18.7. The van der Waals surface area contributed by atoms with Gasteiger partial charge in [-0.1, -0.05) is 64.7 Å². The van der Waals surface area contributed by atoms with Crippen LogP contribution >= 0.6 is 11.6 Å². The van der Waals surface area contributed by atoms with Crippen LogP contribution in [0.15, 0.2) is 0 Å². The van der Waals surface area contributed by atoms with Crippen molar-refractivity contribution < 1.29 is 9.90 Å². The summed E-state index contributed by atoms with van der Waals surface area (Å²) in [7, 11) is 4.32. The summed E-state index contributed by atoms with van der Waals surface area (Å²) in [4.78, 5) is 11.5. The average molecular weight is 308 g/mol. The van der Waals surface area contributed by atoms with E-state index in [-0.39, 0.29) is 5.88 Å². The van der Waals surface area contributed by atoms with Gasteiger partial charge in [-0.2, -0.15) is 0 Å². The van der Waals surface area contributed by atoms with Gasteiger partial charge in [0.2, 0.25) is 0 Å². The first-order valence-corrected chi connectivity index (χ1v) is 8.50. The number of aliphatic carboxylic acids is 1. The molecule has 0 aliphatic heterocycles. The highest BCUT2D eigenvalue weighted by Gasteiger charge is 1.93. The molecule has 0 amide bonds. The molecule has 20 heavy (non-hydrogen) atoms. The monoisotopic (exact) mass is 307 g/mol. The quantitative estimate of drug-likeness (QED) is 0.417. The Morgan fingerprint density at radius 3 is 1.55 bits per heavy atom. The van der Waals surface area contributed by atoms with Crippen LogP contribution in [0.3, 0.4) is 0 Å². The van der Waals surface area contributed by atoms with Crippen LogP contribution in [0.4, 0.5) is 0 Å². The third-order valence-corrected chi connectivity index (χ3v) is 3.30. The van der Waals surface area contributed by atoms with E-state index in [4.69, 9.17) is 16.7 Å². The molecule has 3 nitrogen and oxygen atoms in total. The minimum Gasteiger partial charge on any atom is -0.480 e. The molecule has 0 aliphatic rings. The van der Waals surface area contributed by atoms with Gasteiger partial charge in [0.25, 0.3) is 0 Å². The number of nitrogens with zero attached hydrogens (tertiary/aromatic N) is 1. The first kappa shape index (κ1) is 22.0. The molecule has 0 aliphatic carbocycles. The maximum atomic E-state index is 9.24. The van der Waals surface area contributed by atoms with Crippen molar-refractivity contribution in [3.8, 4) is 0 Å². The first-order valence-electron chi connectivity index (χ1n) is 7.97. The topological polar surface area (TPSA) is 40.5 Å². The Hall–Kier alpha value is -0.280. The van der Waals surface area contributed by atoms with Gasteiger partial charge in [-0.3, -0.25) is 4.79 Å². The van der Waals surface area contributed by atoms with E-state index >= 15 is 0 Å². The fourth-order valence-corrected chi connectivity index (χ4v) is 1.92. The highest BCUT2D eigenvalue weighted by Crippen LogP contribution is 2.10. The fourth-order valence-electron chi connectivity index (χ4n) is 1.92. The summed E-state index contributed by atoms with van der Waals surface area (Å²) in [5.74, 6) is -1.29. The smallest absolute Gasteiger partial charge is 0.318 e. The lowest BCUT2D eigenvalue weighted by molar-refractivity contribution is -0.134. The standard InChI is InChI=1S/C14H31N.C2H3ClO2/c1-4-5-6-7-8-9-10-11-12-13-14-15(2)3;3-1-2(4)5/h4-14H2,1-3H3;1H2,(H,4,5). The van der Waals surface area contributed by atoms with Crippen molar-refractivity contribution in [3.63, 3.8) is 0 Å². The average Bonchev–Trinajstić information content (AvgIpc) is 2.41. The molecule has 0 saturated heterocycles. The van der Waals surface area contributed by atoms with Crippen LogP contribution in [-0.2, 0) is 4.79 Å². The zero-order valence-corrected chi connectivity index (χ0v) is 14.4. The molecule has 0 aromatic rings. The van der Waals surface area contributed by atoms with E-state index in [1.807, 2.05) is 0 Å². The fraction of sp³-hybridized carbons (Fsp3) is 0.938. The SMILES string of the molecule is CCCCCCCCCCCCN(C)C.O=C(O)CCl. The number of carboxylic acids is 1. The zero-order valence-electron chi connectivity index (χ0n) is 13.7. The molecular formula is C16H34ClNO2. The van der Waals surface area contributed by atoms with Crippen LogP contribution in [0.5, 0.6) is 0 Å². The number of unbranched alkanes of at least 4 members (excludes halogenated alkanes) is 9. The molecule has 0 spiro atoms. The third kappa shape index (κ3) is 26.3. The summed E-state index contributed by atoms with van der Waals surface area (Å²) >= 11 is 4.74. The Morgan fingerprint density at radius 1 is 0.900 bits per heavy atom. The van der Waals surface area contributed by atoms with E-state index in [0.717, 1.165) is 0 Å². The summed E-state index contributed by atoms with van der Waals surface area (Å²) in [5.41, 5.74) is 0. The maximum absolute atomic E-state index is 9.24. The van der Waals surface area contributed by atoms with Crippen LogP contribution in [0.25, 0.3) is 0 Å². The lowest BCUT2D eigenvalue weighted by Gasteiger charge is -2.08. The summed E-state index contributed by atoms with van der Waals surface area (Å²) < 4.78 is 0. The Balaban J connectivity index is 0. The third-order valence-electron chi connectivity index (χ3n) is 3.07. The molecule has 4 heteroatoms. The van der Waals surface area contributed by atoms with Gasteiger partial charge < -0.3 is 10.0 Å². The second-order valence-corrected chi connectivity index (χ2v) is 5.78. The highest BCUT2D eigenvalue weighted by atomic mass is 35.5. The first-order chi connectivity index (χ1) is 9.54. The van der Waals surface area contributed by atoms with Crippen molar-refractivity contribution in [1.82, 2.24) is 4.90 Å². The predicted octanol–water partition coefficient (Wildman–Crippen LogP) is 4.78. The molecule has 0 atom stereocenters. The van der Waals surface area contributed by atoms with Crippen molar-refractivity contribution in [2.24, 2.45) is 0 Å². The molecular weight excluding hydrogens is 274 g/mol. The normalized spacial score (nSPS) is 10.2. The summed E-state index contributed by atoms with van der Waals surface area (Å²) in [5, 5.41) is 7.59. The number of hydrogen-bond donors (Lipinski definition) is 1. The minimum atomic E-state index is -0.980. The van der Waals surface area contributed by atoms with E-state index in [9.17, 15) is 4.79 Å². The Morgan fingerprint density at radius 2 is 1.25 bits per heavy atom. The number of hydrogen-bond acceptors (Lipinski definition) is 2. The second-order valence-electron chi connectivity index (χ2n) is 5.51. The predicted molar refractivity (Wildman–Crippen MR) is 88.8 cm³/mol. The zero-order chi connectivity index (χ0) is 15.6. The van der Waals surface area contributed by atoms with Gasteiger partial charge in [-0.25, -0.2) is 0 Å². The van der Waals surface area contributed by atoms with Crippen molar-refractivity contribution in [2.45, 2.75) is 71.1 Å². The van der Waals surface area contributed by atoms with Crippen LogP contribution in [0.1, 0.15) is 71.1 Å². The van der Waals surface area contributed by atoms with Crippen molar-refractivity contribution >= 4 is 17.6 Å². The van der Waals surface area contributed by atoms with Crippen LogP contribution in [-0.4, -0.2) is 42.5 Å². The summed E-state index contributed by atoms with van der Waals surface area (Å²) in [6.45, 7) is 3.54. The van der Waals surface area contributed by atoms with E-state index in [1.54, 1.807) is 0 Å². The van der Waals surface area contributed by atoms with Crippen molar-refractivity contribution in [1.29, 1.82) is 0 Å². The molecule has 0 fully saturated rings. The van der Waals surface area contributed by atoms with Crippen LogP contribution in [0, 0.1) is 0 Å². The number of carboxylic acid groups (broad SMARTS) is 1. The van der Waals surface area contributed by atoms with Gasteiger partial charge in [0, 0.05) is 0 Å². The molecule has 0 bridgehead atoms. The molecule has 0 aromatic heterocycles. The molecule has 122 valence electrons. The van der Waals surface area contributed by atoms with Crippen LogP contribution in [0.2, 0.25) is 0 Å². The Labute approximate surface area is 130 Å². The molecule has 0 heterocycles. The molecule has 1 N–H and O–H groups in total. The minimum absolute atomic E-state index is 0.306. The number of rotatable bonds is 12. The number of carbonyl (C=O) groups is 1. The lowest BCUT2D eigenvalue weighted by Crippen LogP contribution is -2.12. The van der Waals surface area contributed by atoms with Gasteiger partial charge in [0.15, 0.2) is 0 Å². The maximum Gasteiger partial charge on any atom is 0.318 e. The van der Waals surface area contributed by atoms with E-state index in [1.165, 1.54) is 70.8 Å². The molecule has 0 radical (unpaired) electrons. The number of alkyl halides is 1. The molecule has 0 aromatic carbocycles. The molecule has 0 rings (SSSR count). The number of halogens is 1. The van der Waals surface area contributed by atoms with Crippen molar-refractivity contribution in [2.75, 3.05) is 26.5 Å². The molecule has 0 saturated carbocycles. The van der Waals surface area contributed by atoms with Crippen molar-refractivity contribution in [3.05, 3.63) is 0 Å². The largest absolute Gasteiger partial charge is 0.480 e. The van der Waals surface area contributed by atoms with Gasteiger partial charge in [0.05, 0.1) is 0 Å². The summed E-state index contributed by atoms with van der Waals surface area (Å²) in [6, 6.07) is 0. The van der Waals surface area contributed by atoms with E-state index < -0.39 is 5.97 Å². The van der Waals surface area contributed by atoms with Gasteiger partial charge >= 0.3 is 5.97 Å². The van der Waals surface area contributed by atoms with Crippen LogP contribution < -0.4 is 0 Å². The lowest BCUT2D eigenvalue weighted by atomic mass is 10.1. The van der Waals surface area contributed by atoms with E-state index in [0.29, 0.717) is 0 Å². The van der Waals surface area contributed by atoms with Gasteiger partial charge in [0.1, 0.15) is 5.88 Å². The van der Waals surface area contributed by atoms with Gasteiger partial charge in [-0.05, 0) is 27.1 Å². The summed E-state index contributed by atoms with van der Waals surface area (Å²) in [6.07, 6.45) is 14.4. The Bertz CT molecular complexity index is 199. The highest BCUT2D eigenvalue weighted by molar-refractivity contribution is 6.26. The Kier molecular flexibility index (Phi) is 20.6.